The zero-order valence-electron chi connectivity index (χ0n) is 15.4. The number of halogens is 2. The van der Waals surface area contributed by atoms with Crippen molar-refractivity contribution in [2.45, 2.75) is 25.4 Å². The summed E-state index contributed by atoms with van der Waals surface area (Å²) < 4.78 is 11.8. The van der Waals surface area contributed by atoms with Gasteiger partial charge in [0.2, 0.25) is 0 Å². The summed E-state index contributed by atoms with van der Waals surface area (Å²) in [5, 5.41) is 11.8. The Morgan fingerprint density at radius 2 is 1.89 bits per heavy atom. The van der Waals surface area contributed by atoms with Crippen LogP contribution in [0.25, 0.3) is 11.0 Å². The van der Waals surface area contributed by atoms with Gasteiger partial charge in [-0.3, -0.25) is 5.41 Å². The standard InChI is InChI=1S/C21H23N3O2.2ClH/c22-21(23)15-4-8-20-16(11-15)12-18(26-20)7-3-14-1-5-17(6-2-14)25-19-9-10-24-13-19;;/h1-2,4-6,8,11-12,19,24H,3,7,9-10,13H2,(H3,22,23);2*1H/t19-;;/m0../s1. The van der Waals surface area contributed by atoms with Crippen LogP contribution in [0.1, 0.15) is 23.3 Å². The Balaban J connectivity index is 0.00000140. The van der Waals surface area contributed by atoms with Crippen molar-refractivity contribution in [3.05, 3.63) is 65.4 Å². The van der Waals surface area contributed by atoms with Crippen LogP contribution >= 0.6 is 24.8 Å². The number of fused-ring (bicyclic) bond motifs is 1. The van der Waals surface area contributed by atoms with Gasteiger partial charge in [0.1, 0.15) is 29.0 Å². The number of benzene rings is 2. The smallest absolute Gasteiger partial charge is 0.134 e. The lowest BCUT2D eigenvalue weighted by atomic mass is 10.1. The summed E-state index contributed by atoms with van der Waals surface area (Å²) in [6, 6.07) is 16.0. The molecule has 1 aromatic heterocycles. The molecule has 28 heavy (non-hydrogen) atoms. The second kappa shape index (κ2) is 9.82. The second-order valence-corrected chi connectivity index (χ2v) is 6.76. The molecule has 1 aliphatic heterocycles. The molecule has 7 heteroatoms. The third-order valence-corrected chi connectivity index (χ3v) is 4.78. The number of hydrogen-bond acceptors (Lipinski definition) is 4. The number of nitrogens with one attached hydrogen (secondary N) is 2. The molecule has 1 saturated heterocycles. The number of rotatable bonds is 6. The monoisotopic (exact) mass is 421 g/mol. The summed E-state index contributed by atoms with van der Waals surface area (Å²) in [5.41, 5.74) is 8.36. The van der Waals surface area contributed by atoms with Gasteiger partial charge in [-0.15, -0.1) is 24.8 Å². The molecule has 2 heterocycles. The Morgan fingerprint density at radius 3 is 2.57 bits per heavy atom. The third kappa shape index (κ3) is 5.19. The first-order chi connectivity index (χ1) is 12.7. The molecule has 0 aliphatic carbocycles. The summed E-state index contributed by atoms with van der Waals surface area (Å²) >= 11 is 0. The van der Waals surface area contributed by atoms with E-state index in [9.17, 15) is 0 Å². The van der Waals surface area contributed by atoms with Crippen molar-refractivity contribution in [2.24, 2.45) is 5.73 Å². The van der Waals surface area contributed by atoms with E-state index in [2.05, 4.69) is 17.4 Å². The highest BCUT2D eigenvalue weighted by Crippen LogP contribution is 2.23. The number of ether oxygens (including phenoxy) is 1. The van der Waals surface area contributed by atoms with Crippen LogP contribution in [0.5, 0.6) is 5.75 Å². The zero-order chi connectivity index (χ0) is 17.9. The Morgan fingerprint density at radius 1 is 1.11 bits per heavy atom. The van der Waals surface area contributed by atoms with Crippen molar-refractivity contribution in [1.82, 2.24) is 5.32 Å². The van der Waals surface area contributed by atoms with E-state index < -0.39 is 0 Å². The lowest BCUT2D eigenvalue weighted by molar-refractivity contribution is 0.223. The molecule has 0 saturated carbocycles. The Hall–Kier alpha value is -2.21. The average Bonchev–Trinajstić information content (AvgIpc) is 3.29. The van der Waals surface area contributed by atoms with Crippen molar-refractivity contribution in [3.8, 4) is 5.75 Å². The molecule has 2 aromatic carbocycles. The Labute approximate surface area is 177 Å². The van der Waals surface area contributed by atoms with Crippen LogP contribution in [0.15, 0.2) is 52.9 Å². The van der Waals surface area contributed by atoms with E-state index in [-0.39, 0.29) is 36.8 Å². The van der Waals surface area contributed by atoms with E-state index in [1.54, 1.807) is 0 Å². The summed E-state index contributed by atoms with van der Waals surface area (Å²) in [5.74, 6) is 1.95. The first kappa shape index (κ1) is 22.1. The normalized spacial score (nSPS) is 15.6. The minimum Gasteiger partial charge on any atom is -0.489 e. The topological polar surface area (TPSA) is 84.3 Å². The molecule has 1 fully saturated rings. The van der Waals surface area contributed by atoms with Gasteiger partial charge in [-0.05, 0) is 61.3 Å². The molecule has 1 atom stereocenters. The van der Waals surface area contributed by atoms with E-state index in [0.29, 0.717) is 0 Å². The van der Waals surface area contributed by atoms with Crippen molar-refractivity contribution >= 4 is 41.6 Å². The average molecular weight is 422 g/mol. The molecular formula is C21H25Cl2N3O2. The van der Waals surface area contributed by atoms with Gasteiger partial charge < -0.3 is 20.2 Å². The van der Waals surface area contributed by atoms with Gasteiger partial charge in [-0.25, -0.2) is 0 Å². The number of hydrogen-bond donors (Lipinski definition) is 3. The van der Waals surface area contributed by atoms with Crippen LogP contribution in [0.4, 0.5) is 0 Å². The van der Waals surface area contributed by atoms with E-state index in [1.165, 1.54) is 5.56 Å². The van der Waals surface area contributed by atoms with Gasteiger partial charge in [-0.2, -0.15) is 0 Å². The maximum atomic E-state index is 7.53. The molecule has 1 aliphatic rings. The first-order valence-electron chi connectivity index (χ1n) is 9.00. The lowest BCUT2D eigenvalue weighted by Gasteiger charge is -2.12. The maximum absolute atomic E-state index is 7.53. The van der Waals surface area contributed by atoms with E-state index in [4.69, 9.17) is 20.3 Å². The van der Waals surface area contributed by atoms with Crippen LogP contribution < -0.4 is 15.8 Å². The van der Waals surface area contributed by atoms with Crippen LogP contribution in [-0.2, 0) is 12.8 Å². The number of nitrogen functional groups attached to an aromatic ring is 1. The van der Waals surface area contributed by atoms with Crippen LogP contribution in [-0.4, -0.2) is 25.0 Å². The van der Waals surface area contributed by atoms with E-state index >= 15 is 0 Å². The Kier molecular flexibility index (Phi) is 7.75. The number of amidine groups is 1. The summed E-state index contributed by atoms with van der Waals surface area (Å²) in [6.07, 6.45) is 3.09. The molecular weight excluding hydrogens is 397 g/mol. The summed E-state index contributed by atoms with van der Waals surface area (Å²) in [7, 11) is 0. The maximum Gasteiger partial charge on any atom is 0.134 e. The quantitative estimate of drug-likeness (QED) is 0.413. The molecule has 0 amide bonds. The molecule has 4 rings (SSSR count). The van der Waals surface area contributed by atoms with Crippen LogP contribution in [0.2, 0.25) is 0 Å². The largest absolute Gasteiger partial charge is 0.489 e. The van der Waals surface area contributed by atoms with Gasteiger partial charge in [0.25, 0.3) is 0 Å². The number of aryl methyl sites for hydroxylation is 2. The van der Waals surface area contributed by atoms with Gasteiger partial charge in [-0.1, -0.05) is 12.1 Å². The molecule has 150 valence electrons. The molecule has 3 aromatic rings. The highest BCUT2D eigenvalue weighted by Gasteiger charge is 2.15. The molecule has 5 nitrogen and oxygen atoms in total. The number of furan rings is 1. The summed E-state index contributed by atoms with van der Waals surface area (Å²) in [4.78, 5) is 0. The van der Waals surface area contributed by atoms with Crippen molar-refractivity contribution in [3.63, 3.8) is 0 Å². The van der Waals surface area contributed by atoms with Crippen LogP contribution in [0.3, 0.4) is 0 Å². The number of nitrogens with two attached hydrogens (primary N) is 1. The highest BCUT2D eigenvalue weighted by atomic mass is 35.5. The highest BCUT2D eigenvalue weighted by molar-refractivity contribution is 5.98. The van der Waals surface area contributed by atoms with Gasteiger partial charge >= 0.3 is 0 Å². The zero-order valence-corrected chi connectivity index (χ0v) is 17.1. The third-order valence-electron chi connectivity index (χ3n) is 4.78. The predicted octanol–water partition coefficient (Wildman–Crippen LogP) is 4.09. The molecule has 0 bridgehead atoms. The molecule has 4 N–H and O–H groups in total. The minimum absolute atomic E-state index is 0. The van der Waals surface area contributed by atoms with Crippen molar-refractivity contribution in [2.75, 3.05) is 13.1 Å². The van der Waals surface area contributed by atoms with Gasteiger partial charge in [0.15, 0.2) is 0 Å². The van der Waals surface area contributed by atoms with Crippen molar-refractivity contribution < 1.29 is 9.15 Å². The van der Waals surface area contributed by atoms with Gasteiger partial charge in [0.05, 0.1) is 0 Å². The minimum atomic E-state index is 0. The van der Waals surface area contributed by atoms with Gasteiger partial charge in [0, 0.05) is 23.9 Å². The predicted molar refractivity (Wildman–Crippen MR) is 117 cm³/mol. The van der Waals surface area contributed by atoms with E-state index in [1.807, 2.05) is 36.4 Å². The lowest BCUT2D eigenvalue weighted by Crippen LogP contribution is -2.19. The summed E-state index contributed by atoms with van der Waals surface area (Å²) in [6.45, 7) is 1.97. The van der Waals surface area contributed by atoms with Crippen molar-refractivity contribution in [1.29, 1.82) is 5.41 Å². The molecule has 0 radical (unpaired) electrons. The second-order valence-electron chi connectivity index (χ2n) is 6.76. The van der Waals surface area contributed by atoms with E-state index in [0.717, 1.165) is 60.4 Å². The fourth-order valence-corrected chi connectivity index (χ4v) is 3.31. The fourth-order valence-electron chi connectivity index (χ4n) is 3.31. The van der Waals surface area contributed by atoms with Crippen LogP contribution in [0, 0.1) is 5.41 Å². The Bertz CT molecular complexity index is 919. The molecule has 0 unspecified atom stereocenters. The first-order valence-corrected chi connectivity index (χ1v) is 9.00. The molecule has 0 spiro atoms. The fraction of sp³-hybridized carbons (Fsp3) is 0.286. The SMILES string of the molecule is Cl.Cl.N=C(N)c1ccc2oc(CCc3ccc(O[C@H]4CCNC4)cc3)cc2c1.